The van der Waals surface area contributed by atoms with Crippen molar-refractivity contribution < 1.29 is 17.9 Å². The minimum Gasteiger partial charge on any atom is -0.492 e. The van der Waals surface area contributed by atoms with Crippen molar-refractivity contribution in [2.75, 3.05) is 32.8 Å². The lowest BCUT2D eigenvalue weighted by Crippen LogP contribution is -2.48. The third kappa shape index (κ3) is 3.37. The van der Waals surface area contributed by atoms with Gasteiger partial charge in [0, 0.05) is 26.2 Å². The second kappa shape index (κ2) is 6.85. The third-order valence-corrected chi connectivity index (χ3v) is 5.91. The topological polar surface area (TPSA) is 66.9 Å². The molecule has 1 aliphatic heterocycles. The first-order valence-electron chi connectivity index (χ1n) is 7.02. The molecule has 0 spiro atoms. The van der Waals surface area contributed by atoms with Crippen LogP contribution in [0.4, 0.5) is 0 Å². The zero-order chi connectivity index (χ0) is 16.3. The Morgan fingerprint density at radius 1 is 1.27 bits per heavy atom. The fraction of sp³-hybridized carbons (Fsp3) is 0.500. The number of aryl methyl sites for hydroxylation is 1. The summed E-state index contributed by atoms with van der Waals surface area (Å²) < 4.78 is 32.2. The molecule has 2 rings (SSSR count). The maximum Gasteiger partial charge on any atom is 0.243 e. The van der Waals surface area contributed by atoms with Crippen LogP contribution >= 0.6 is 11.6 Å². The summed E-state index contributed by atoms with van der Waals surface area (Å²) in [5, 5.41) is 0.276. The lowest BCUT2D eigenvalue weighted by molar-refractivity contribution is -0.119. The van der Waals surface area contributed by atoms with Crippen LogP contribution in [0.25, 0.3) is 0 Å². The Morgan fingerprint density at radius 2 is 1.91 bits per heavy atom. The summed E-state index contributed by atoms with van der Waals surface area (Å²) in [4.78, 5) is 12.5. The SMILES string of the molecule is CCOc1cc(C)c(S(=O)(=O)N2CCN(C=O)CC2)cc1Cl. The number of hydrogen-bond donors (Lipinski definition) is 0. The van der Waals surface area contributed by atoms with Crippen LogP contribution in [0.3, 0.4) is 0 Å². The molecule has 0 unspecified atom stereocenters. The van der Waals surface area contributed by atoms with Gasteiger partial charge in [-0.3, -0.25) is 4.79 Å². The number of carbonyl (C=O) groups excluding carboxylic acids is 1. The second-order valence-electron chi connectivity index (χ2n) is 5.03. The molecule has 1 aromatic rings. The van der Waals surface area contributed by atoms with Crippen LogP contribution in [0.2, 0.25) is 5.02 Å². The van der Waals surface area contributed by atoms with Crippen LogP contribution in [0.1, 0.15) is 12.5 Å². The summed E-state index contributed by atoms with van der Waals surface area (Å²) >= 11 is 6.11. The lowest BCUT2D eigenvalue weighted by Gasteiger charge is -2.32. The van der Waals surface area contributed by atoms with Gasteiger partial charge >= 0.3 is 0 Å². The van der Waals surface area contributed by atoms with Crippen LogP contribution in [-0.2, 0) is 14.8 Å². The number of halogens is 1. The van der Waals surface area contributed by atoms with Crippen LogP contribution in [0, 0.1) is 6.92 Å². The van der Waals surface area contributed by atoms with Crippen LogP contribution in [0.15, 0.2) is 17.0 Å². The molecule has 1 heterocycles. The first-order valence-corrected chi connectivity index (χ1v) is 8.84. The first kappa shape index (κ1) is 17.1. The van der Waals surface area contributed by atoms with Crippen LogP contribution in [0.5, 0.6) is 5.75 Å². The van der Waals surface area contributed by atoms with Crippen molar-refractivity contribution in [3.05, 3.63) is 22.7 Å². The Balaban J connectivity index is 2.30. The molecule has 122 valence electrons. The number of benzene rings is 1. The molecule has 1 amide bonds. The van der Waals surface area contributed by atoms with E-state index in [1.807, 2.05) is 6.92 Å². The number of sulfonamides is 1. The zero-order valence-electron chi connectivity index (χ0n) is 12.6. The molecule has 0 radical (unpaired) electrons. The highest BCUT2D eigenvalue weighted by Crippen LogP contribution is 2.32. The maximum atomic E-state index is 12.7. The van der Waals surface area contributed by atoms with E-state index in [0.717, 1.165) is 6.41 Å². The molecule has 1 aliphatic rings. The van der Waals surface area contributed by atoms with Crippen LogP contribution < -0.4 is 4.74 Å². The molecule has 1 aromatic carbocycles. The molecular weight excluding hydrogens is 328 g/mol. The average molecular weight is 347 g/mol. The van der Waals surface area contributed by atoms with Gasteiger partial charge in [-0.05, 0) is 31.5 Å². The van der Waals surface area contributed by atoms with Gasteiger partial charge in [0.15, 0.2) is 0 Å². The van der Waals surface area contributed by atoms with Gasteiger partial charge in [-0.1, -0.05) is 11.6 Å². The molecule has 1 fully saturated rings. The predicted octanol–water partition coefficient (Wildman–Crippen LogP) is 1.51. The van der Waals surface area contributed by atoms with Gasteiger partial charge in [0.1, 0.15) is 5.75 Å². The molecule has 0 aromatic heterocycles. The number of hydrogen-bond acceptors (Lipinski definition) is 4. The minimum atomic E-state index is -3.63. The van der Waals surface area contributed by atoms with Gasteiger partial charge in [-0.2, -0.15) is 4.31 Å². The van der Waals surface area contributed by atoms with Crippen molar-refractivity contribution in [1.29, 1.82) is 0 Å². The molecule has 1 saturated heterocycles. The van der Waals surface area contributed by atoms with Gasteiger partial charge in [-0.25, -0.2) is 8.42 Å². The van der Waals surface area contributed by atoms with Gasteiger partial charge in [0.05, 0.1) is 16.5 Å². The maximum absolute atomic E-state index is 12.7. The Morgan fingerprint density at radius 3 is 2.45 bits per heavy atom. The summed E-state index contributed by atoms with van der Waals surface area (Å²) in [7, 11) is -3.63. The van der Waals surface area contributed by atoms with Crippen molar-refractivity contribution in [3.8, 4) is 5.75 Å². The van der Waals surface area contributed by atoms with E-state index in [-0.39, 0.29) is 23.0 Å². The van der Waals surface area contributed by atoms with Crippen molar-refractivity contribution in [1.82, 2.24) is 9.21 Å². The van der Waals surface area contributed by atoms with Gasteiger partial charge in [0.25, 0.3) is 0 Å². The quantitative estimate of drug-likeness (QED) is 0.758. The zero-order valence-corrected chi connectivity index (χ0v) is 14.2. The third-order valence-electron chi connectivity index (χ3n) is 3.57. The number of ether oxygens (including phenoxy) is 1. The van der Waals surface area contributed by atoms with Crippen molar-refractivity contribution in [3.63, 3.8) is 0 Å². The summed E-state index contributed by atoms with van der Waals surface area (Å²) in [5.41, 5.74) is 0.589. The lowest BCUT2D eigenvalue weighted by atomic mass is 10.2. The summed E-state index contributed by atoms with van der Waals surface area (Å²) in [6.07, 6.45) is 0.739. The van der Waals surface area contributed by atoms with E-state index in [1.54, 1.807) is 17.9 Å². The average Bonchev–Trinajstić information content (AvgIpc) is 2.50. The standard InChI is InChI=1S/C14H19ClN2O4S/c1-3-21-13-8-11(2)14(9-12(13)15)22(19,20)17-6-4-16(10-18)5-7-17/h8-10H,3-7H2,1-2H3. The molecule has 8 heteroatoms. The predicted molar refractivity (Wildman–Crippen MR) is 83.8 cm³/mol. The fourth-order valence-electron chi connectivity index (χ4n) is 2.37. The molecule has 0 saturated carbocycles. The first-order chi connectivity index (χ1) is 10.4. The number of piperazine rings is 1. The van der Waals surface area contributed by atoms with Gasteiger partial charge in [0.2, 0.25) is 16.4 Å². The Bertz CT molecular complexity index is 655. The highest BCUT2D eigenvalue weighted by molar-refractivity contribution is 7.89. The second-order valence-corrected chi connectivity index (χ2v) is 7.34. The molecular formula is C14H19ClN2O4S. The van der Waals surface area contributed by atoms with E-state index >= 15 is 0 Å². The number of nitrogens with zero attached hydrogens (tertiary/aromatic N) is 2. The number of rotatable bonds is 5. The fourth-order valence-corrected chi connectivity index (χ4v) is 4.31. The molecule has 0 bridgehead atoms. The largest absolute Gasteiger partial charge is 0.492 e. The van der Waals surface area contributed by atoms with Crippen molar-refractivity contribution >= 4 is 28.0 Å². The van der Waals surface area contributed by atoms with Gasteiger partial charge in [-0.15, -0.1) is 0 Å². The molecule has 22 heavy (non-hydrogen) atoms. The van der Waals surface area contributed by atoms with Crippen molar-refractivity contribution in [2.45, 2.75) is 18.7 Å². The van der Waals surface area contributed by atoms with E-state index < -0.39 is 10.0 Å². The van der Waals surface area contributed by atoms with Gasteiger partial charge < -0.3 is 9.64 Å². The molecule has 6 nitrogen and oxygen atoms in total. The highest BCUT2D eigenvalue weighted by atomic mass is 35.5. The van der Waals surface area contributed by atoms with Crippen molar-refractivity contribution in [2.24, 2.45) is 0 Å². The molecule has 0 atom stereocenters. The van der Waals surface area contributed by atoms with E-state index in [4.69, 9.17) is 16.3 Å². The minimum absolute atomic E-state index is 0.181. The van der Waals surface area contributed by atoms with E-state index in [1.165, 1.54) is 10.4 Å². The van der Waals surface area contributed by atoms with E-state index in [9.17, 15) is 13.2 Å². The normalized spacial score (nSPS) is 16.6. The summed E-state index contributed by atoms with van der Waals surface area (Å²) in [6.45, 7) is 5.37. The summed E-state index contributed by atoms with van der Waals surface area (Å²) in [5.74, 6) is 0.478. The Kier molecular flexibility index (Phi) is 5.31. The monoisotopic (exact) mass is 346 g/mol. The van der Waals surface area contributed by atoms with Crippen LogP contribution in [-0.4, -0.2) is 56.8 Å². The Hall–Kier alpha value is -1.31. The highest BCUT2D eigenvalue weighted by Gasteiger charge is 2.30. The number of carbonyl (C=O) groups is 1. The smallest absolute Gasteiger partial charge is 0.243 e. The van der Waals surface area contributed by atoms with E-state index in [2.05, 4.69) is 0 Å². The van der Waals surface area contributed by atoms with E-state index in [0.29, 0.717) is 31.0 Å². The summed E-state index contributed by atoms with van der Waals surface area (Å²) in [6, 6.07) is 3.07. The molecule has 0 N–H and O–H groups in total. The Labute approximate surface area is 135 Å². The number of amides is 1. The molecule has 0 aliphatic carbocycles.